The Morgan fingerprint density at radius 2 is 1.76 bits per heavy atom. The summed E-state index contributed by atoms with van der Waals surface area (Å²) in [7, 11) is 0. The average molecular weight is 496 g/mol. The van der Waals surface area contributed by atoms with Crippen LogP contribution < -0.4 is 15.0 Å². The molecule has 1 aliphatic heterocycles. The van der Waals surface area contributed by atoms with Gasteiger partial charge in [-0.2, -0.15) is 0 Å². The Labute approximate surface area is 209 Å². The van der Waals surface area contributed by atoms with Crippen LogP contribution >= 0.6 is 24.8 Å². The number of hydrogen-bond donors (Lipinski definition) is 2. The van der Waals surface area contributed by atoms with Crippen molar-refractivity contribution in [2.45, 2.75) is 38.7 Å². The van der Waals surface area contributed by atoms with E-state index >= 15 is 0 Å². The van der Waals surface area contributed by atoms with Gasteiger partial charge in [-0.05, 0) is 55.0 Å². The number of fused-ring (bicyclic) bond motifs is 1. The van der Waals surface area contributed by atoms with Crippen molar-refractivity contribution in [1.82, 2.24) is 4.90 Å². The minimum absolute atomic E-state index is 0. The molecule has 1 amide bonds. The third-order valence-corrected chi connectivity index (χ3v) is 6.18. The number of aryl methyl sites for hydroxylation is 1. The van der Waals surface area contributed by atoms with Crippen molar-refractivity contribution >= 4 is 42.1 Å². The van der Waals surface area contributed by atoms with E-state index in [9.17, 15) is 9.90 Å². The number of ether oxygens (including phenoxy) is 1. The molecule has 182 valence electrons. The minimum Gasteiger partial charge on any atom is -0.491 e. The molecule has 2 aromatic rings. The first-order valence-electron chi connectivity index (χ1n) is 11.4. The number of piperazine rings is 1. The predicted molar refractivity (Wildman–Crippen MR) is 138 cm³/mol. The van der Waals surface area contributed by atoms with Gasteiger partial charge in [0.2, 0.25) is 5.91 Å². The summed E-state index contributed by atoms with van der Waals surface area (Å²) in [6.07, 6.45) is 4.15. The number of carbonyl (C=O) groups excluding carboxylic acids is 1. The number of amides is 1. The molecular weight excluding hydrogens is 461 g/mol. The van der Waals surface area contributed by atoms with E-state index in [-0.39, 0.29) is 30.7 Å². The number of para-hydroxylation sites is 2. The molecule has 1 aliphatic carbocycles. The minimum atomic E-state index is -0.516. The zero-order valence-corrected chi connectivity index (χ0v) is 20.8. The summed E-state index contributed by atoms with van der Waals surface area (Å²) in [5.41, 5.74) is 4.62. The molecule has 6 nitrogen and oxygen atoms in total. The van der Waals surface area contributed by atoms with Crippen LogP contribution in [0.3, 0.4) is 0 Å². The molecule has 2 aliphatic rings. The summed E-state index contributed by atoms with van der Waals surface area (Å²) < 4.78 is 6.02. The van der Waals surface area contributed by atoms with Crippen molar-refractivity contribution < 1.29 is 14.6 Å². The van der Waals surface area contributed by atoms with Crippen LogP contribution in [0.2, 0.25) is 0 Å². The number of nitrogens with one attached hydrogen (secondary N) is 1. The molecule has 1 unspecified atom stereocenters. The zero-order valence-electron chi connectivity index (χ0n) is 19.2. The number of carbonyl (C=O) groups is 1. The highest BCUT2D eigenvalue weighted by Crippen LogP contribution is 2.30. The van der Waals surface area contributed by atoms with Gasteiger partial charge in [-0.25, -0.2) is 0 Å². The molecule has 1 heterocycles. The number of benzene rings is 2. The fourth-order valence-electron chi connectivity index (χ4n) is 4.63. The molecular formula is C25H35Cl2N3O3. The van der Waals surface area contributed by atoms with E-state index in [1.54, 1.807) is 0 Å². The summed E-state index contributed by atoms with van der Waals surface area (Å²) in [4.78, 5) is 16.1. The summed E-state index contributed by atoms with van der Waals surface area (Å²) in [5, 5.41) is 13.5. The van der Waals surface area contributed by atoms with Gasteiger partial charge in [-0.15, -0.1) is 24.8 Å². The number of aliphatic hydroxyl groups is 1. The van der Waals surface area contributed by atoms with Gasteiger partial charge in [0.1, 0.15) is 18.5 Å². The Morgan fingerprint density at radius 1 is 1.03 bits per heavy atom. The number of anilines is 2. The molecule has 0 aromatic heterocycles. The third kappa shape index (κ3) is 7.24. The summed E-state index contributed by atoms with van der Waals surface area (Å²) >= 11 is 0. The molecule has 2 N–H and O–H groups in total. The van der Waals surface area contributed by atoms with Crippen molar-refractivity contribution in [1.29, 1.82) is 0 Å². The molecule has 2 aromatic carbocycles. The highest BCUT2D eigenvalue weighted by Gasteiger charge is 2.22. The molecule has 0 saturated carbocycles. The smallest absolute Gasteiger partial charge is 0.221 e. The Bertz CT molecular complexity index is 904. The van der Waals surface area contributed by atoms with Crippen LogP contribution in [0.15, 0.2) is 42.5 Å². The normalized spacial score (nSPS) is 16.6. The lowest BCUT2D eigenvalue weighted by atomic mass is 9.91. The molecule has 0 spiro atoms. The first kappa shape index (κ1) is 27.3. The van der Waals surface area contributed by atoms with Crippen LogP contribution in [-0.2, 0) is 17.6 Å². The van der Waals surface area contributed by atoms with Crippen LogP contribution in [0.4, 0.5) is 11.4 Å². The Kier molecular flexibility index (Phi) is 10.8. The topological polar surface area (TPSA) is 65.0 Å². The Hall–Kier alpha value is -1.99. The van der Waals surface area contributed by atoms with Gasteiger partial charge in [-0.3, -0.25) is 9.69 Å². The maximum Gasteiger partial charge on any atom is 0.221 e. The molecule has 0 bridgehead atoms. The van der Waals surface area contributed by atoms with Crippen molar-refractivity contribution in [3.63, 3.8) is 0 Å². The molecule has 33 heavy (non-hydrogen) atoms. The highest BCUT2D eigenvalue weighted by molar-refractivity contribution is 5.92. The SMILES string of the molecule is CC(=O)Nc1ccccc1N1CCN(CC(O)COc2cccc3c2CCCC3)CC1.Cl.Cl. The fourth-order valence-corrected chi connectivity index (χ4v) is 4.63. The van der Waals surface area contributed by atoms with E-state index < -0.39 is 6.10 Å². The number of β-amino-alcohol motifs (C(OH)–C–C–N with tert-alkyl or cyclic N) is 1. The monoisotopic (exact) mass is 495 g/mol. The fraction of sp³-hybridized carbons (Fsp3) is 0.480. The van der Waals surface area contributed by atoms with Crippen LogP contribution in [0, 0.1) is 0 Å². The predicted octanol–water partition coefficient (Wildman–Crippen LogP) is 3.93. The first-order chi connectivity index (χ1) is 15.1. The first-order valence-corrected chi connectivity index (χ1v) is 11.4. The summed E-state index contributed by atoms with van der Waals surface area (Å²) in [6.45, 7) is 5.91. The van der Waals surface area contributed by atoms with Crippen molar-refractivity contribution in [3.8, 4) is 5.75 Å². The maximum atomic E-state index is 11.5. The number of aliphatic hydroxyl groups excluding tert-OH is 1. The third-order valence-electron chi connectivity index (χ3n) is 6.18. The standard InChI is InChI=1S/C25H33N3O3.2ClH/c1-19(29)26-23-10-4-5-11-24(23)28-15-13-27(14-16-28)17-21(30)18-31-25-12-6-8-20-7-2-3-9-22(20)25;;/h4-6,8,10-12,21,30H,2-3,7,9,13-18H2,1H3,(H,26,29);2*1H. The summed E-state index contributed by atoms with van der Waals surface area (Å²) in [5.74, 6) is 0.879. The van der Waals surface area contributed by atoms with Gasteiger partial charge in [0.05, 0.1) is 11.4 Å². The average Bonchev–Trinajstić information content (AvgIpc) is 2.78. The number of hydrogen-bond acceptors (Lipinski definition) is 5. The lowest BCUT2D eigenvalue weighted by Crippen LogP contribution is -2.49. The van der Waals surface area contributed by atoms with E-state index in [0.717, 1.165) is 56.1 Å². The lowest BCUT2D eigenvalue weighted by Gasteiger charge is -2.37. The number of halogens is 2. The molecule has 8 heteroatoms. The highest BCUT2D eigenvalue weighted by atomic mass is 35.5. The second-order valence-corrected chi connectivity index (χ2v) is 8.55. The molecule has 4 rings (SSSR count). The maximum absolute atomic E-state index is 11.5. The molecule has 1 atom stereocenters. The summed E-state index contributed by atoms with van der Waals surface area (Å²) in [6, 6.07) is 14.2. The second-order valence-electron chi connectivity index (χ2n) is 8.55. The second kappa shape index (κ2) is 13.0. The van der Waals surface area contributed by atoms with E-state index in [0.29, 0.717) is 13.2 Å². The Balaban J connectivity index is 0.00000193. The number of rotatable bonds is 7. The largest absolute Gasteiger partial charge is 0.491 e. The zero-order chi connectivity index (χ0) is 21.6. The van der Waals surface area contributed by atoms with Crippen molar-refractivity contribution in [2.75, 3.05) is 49.5 Å². The van der Waals surface area contributed by atoms with Gasteiger partial charge in [0, 0.05) is 39.6 Å². The van der Waals surface area contributed by atoms with Crippen LogP contribution in [0.1, 0.15) is 30.9 Å². The van der Waals surface area contributed by atoms with E-state index in [2.05, 4.69) is 27.2 Å². The van der Waals surface area contributed by atoms with Gasteiger partial charge >= 0.3 is 0 Å². The van der Waals surface area contributed by atoms with Crippen LogP contribution in [0.5, 0.6) is 5.75 Å². The molecule has 1 saturated heterocycles. The van der Waals surface area contributed by atoms with Gasteiger partial charge in [0.15, 0.2) is 0 Å². The van der Waals surface area contributed by atoms with Gasteiger partial charge < -0.3 is 20.1 Å². The van der Waals surface area contributed by atoms with Crippen LogP contribution in [-0.4, -0.2) is 61.3 Å². The van der Waals surface area contributed by atoms with Gasteiger partial charge in [0.25, 0.3) is 0 Å². The van der Waals surface area contributed by atoms with Crippen molar-refractivity contribution in [3.05, 3.63) is 53.6 Å². The quantitative estimate of drug-likeness (QED) is 0.608. The lowest BCUT2D eigenvalue weighted by molar-refractivity contribution is -0.114. The van der Waals surface area contributed by atoms with Crippen LogP contribution in [0.25, 0.3) is 0 Å². The van der Waals surface area contributed by atoms with Crippen molar-refractivity contribution in [2.24, 2.45) is 0 Å². The van der Waals surface area contributed by atoms with Gasteiger partial charge in [-0.1, -0.05) is 24.3 Å². The molecule has 0 radical (unpaired) electrons. The number of nitrogens with zero attached hydrogens (tertiary/aromatic N) is 2. The van der Waals surface area contributed by atoms with E-state index in [4.69, 9.17) is 4.74 Å². The molecule has 1 fully saturated rings. The van der Waals surface area contributed by atoms with E-state index in [1.807, 2.05) is 30.3 Å². The van der Waals surface area contributed by atoms with E-state index in [1.165, 1.54) is 30.9 Å². The Morgan fingerprint density at radius 3 is 2.52 bits per heavy atom.